The van der Waals surface area contributed by atoms with Gasteiger partial charge in [-0.05, 0) is 58.4 Å². The zero-order valence-corrected chi connectivity index (χ0v) is 15.3. The van der Waals surface area contributed by atoms with Crippen molar-refractivity contribution in [2.45, 2.75) is 52.1 Å². The molecule has 0 radical (unpaired) electrons. The largest absolute Gasteiger partial charge is 0.478 e. The van der Waals surface area contributed by atoms with Gasteiger partial charge in [-0.15, -0.1) is 0 Å². The maximum Gasteiger partial charge on any atom is 0.410 e. The van der Waals surface area contributed by atoms with Gasteiger partial charge in [-0.2, -0.15) is 5.26 Å². The predicted octanol–water partition coefficient (Wildman–Crippen LogP) is 3.76. The van der Waals surface area contributed by atoms with E-state index in [1.807, 2.05) is 26.8 Å². The molecule has 1 aliphatic heterocycles. The van der Waals surface area contributed by atoms with Crippen LogP contribution in [0.4, 0.5) is 4.79 Å². The molecule has 0 N–H and O–H groups in total. The summed E-state index contributed by atoms with van der Waals surface area (Å²) < 4.78 is 11.0. The summed E-state index contributed by atoms with van der Waals surface area (Å²) in [7, 11) is 0. The molecule has 2 rings (SSSR count). The molecule has 6 nitrogen and oxygen atoms in total. The van der Waals surface area contributed by atoms with Gasteiger partial charge in [0.25, 0.3) is 0 Å². The monoisotopic (exact) mass is 345 g/mol. The third-order valence-electron chi connectivity index (χ3n) is 4.14. The van der Waals surface area contributed by atoms with Gasteiger partial charge in [0.15, 0.2) is 0 Å². The van der Waals surface area contributed by atoms with Gasteiger partial charge >= 0.3 is 6.09 Å². The van der Waals surface area contributed by atoms with Gasteiger partial charge in [-0.25, -0.2) is 9.78 Å². The lowest BCUT2D eigenvalue weighted by Gasteiger charge is -2.33. The summed E-state index contributed by atoms with van der Waals surface area (Å²) >= 11 is 0. The molecule has 1 aromatic rings. The van der Waals surface area contributed by atoms with Crippen LogP contribution in [-0.2, 0) is 4.74 Å². The molecule has 1 aliphatic rings. The topological polar surface area (TPSA) is 75.4 Å². The van der Waals surface area contributed by atoms with Crippen LogP contribution >= 0.6 is 0 Å². The number of nitrogens with zero attached hydrogens (tertiary/aromatic N) is 3. The second-order valence-electron chi connectivity index (χ2n) is 7.40. The van der Waals surface area contributed by atoms with Crippen molar-refractivity contribution in [3.63, 3.8) is 0 Å². The summed E-state index contributed by atoms with van der Waals surface area (Å²) in [4.78, 5) is 17.9. The summed E-state index contributed by atoms with van der Waals surface area (Å²) in [5.74, 6) is 1.18. The highest BCUT2D eigenvalue weighted by Gasteiger charge is 2.26. The molecular formula is C19H27N3O3. The van der Waals surface area contributed by atoms with Crippen LogP contribution in [0.25, 0.3) is 0 Å². The van der Waals surface area contributed by atoms with Crippen molar-refractivity contribution in [3.8, 4) is 11.9 Å². The quantitative estimate of drug-likeness (QED) is 0.760. The average Bonchev–Trinajstić information content (AvgIpc) is 2.58. The van der Waals surface area contributed by atoms with E-state index < -0.39 is 5.60 Å². The SMILES string of the molecule is CC(C)(C)OC(=O)N1CCC(CCCOc2ccc(C#N)cn2)CC1. The average molecular weight is 345 g/mol. The third kappa shape index (κ3) is 6.61. The number of carbonyl (C=O) groups excluding carboxylic acids is 1. The number of carbonyl (C=O) groups is 1. The Bertz CT molecular complexity index is 594. The molecule has 0 atom stereocenters. The van der Waals surface area contributed by atoms with Crippen molar-refractivity contribution < 1.29 is 14.3 Å². The first-order chi connectivity index (χ1) is 11.9. The second-order valence-corrected chi connectivity index (χ2v) is 7.40. The minimum atomic E-state index is -0.440. The van der Waals surface area contributed by atoms with Crippen LogP contribution in [0.3, 0.4) is 0 Å². The zero-order chi connectivity index (χ0) is 18.3. The van der Waals surface area contributed by atoms with Crippen molar-refractivity contribution in [1.82, 2.24) is 9.88 Å². The Morgan fingerprint density at radius 2 is 2.08 bits per heavy atom. The van der Waals surface area contributed by atoms with Gasteiger partial charge in [0.2, 0.25) is 5.88 Å². The molecule has 0 unspecified atom stereocenters. The fraction of sp³-hybridized carbons (Fsp3) is 0.632. The van der Waals surface area contributed by atoms with Gasteiger partial charge in [0, 0.05) is 25.4 Å². The van der Waals surface area contributed by atoms with Crippen LogP contribution in [0.5, 0.6) is 5.88 Å². The highest BCUT2D eigenvalue weighted by molar-refractivity contribution is 5.68. The molecule has 136 valence electrons. The van der Waals surface area contributed by atoms with E-state index in [1.54, 1.807) is 17.0 Å². The minimum absolute atomic E-state index is 0.207. The molecule has 6 heteroatoms. The number of ether oxygens (including phenoxy) is 2. The van der Waals surface area contributed by atoms with Crippen molar-refractivity contribution in [3.05, 3.63) is 23.9 Å². The fourth-order valence-corrected chi connectivity index (χ4v) is 2.81. The van der Waals surface area contributed by atoms with Crippen LogP contribution < -0.4 is 4.74 Å². The zero-order valence-electron chi connectivity index (χ0n) is 15.3. The third-order valence-corrected chi connectivity index (χ3v) is 4.14. The lowest BCUT2D eigenvalue weighted by Crippen LogP contribution is -2.41. The number of amides is 1. The maximum absolute atomic E-state index is 12.0. The number of likely N-dealkylation sites (tertiary alicyclic amines) is 1. The number of pyridine rings is 1. The number of nitriles is 1. The van der Waals surface area contributed by atoms with Crippen molar-refractivity contribution in [1.29, 1.82) is 5.26 Å². The summed E-state index contributed by atoms with van der Waals surface area (Å²) in [6.07, 6.45) is 5.36. The molecule has 0 aromatic carbocycles. The highest BCUT2D eigenvalue weighted by Crippen LogP contribution is 2.23. The van der Waals surface area contributed by atoms with Crippen LogP contribution in [0, 0.1) is 17.2 Å². The summed E-state index contributed by atoms with van der Waals surface area (Å²) in [5, 5.41) is 8.73. The van der Waals surface area contributed by atoms with Gasteiger partial charge in [0.1, 0.15) is 11.7 Å². The number of hydrogen-bond acceptors (Lipinski definition) is 5. The van der Waals surface area contributed by atoms with Crippen LogP contribution in [0.15, 0.2) is 18.3 Å². The van der Waals surface area contributed by atoms with E-state index in [9.17, 15) is 4.79 Å². The Morgan fingerprint density at radius 1 is 1.36 bits per heavy atom. The standard InChI is InChI=1S/C19H27N3O3/c1-19(2,3)25-18(23)22-10-8-15(9-11-22)5-4-12-24-17-7-6-16(13-20)14-21-17/h6-7,14-15H,4-5,8-12H2,1-3H3. The Morgan fingerprint density at radius 3 is 2.64 bits per heavy atom. The summed E-state index contributed by atoms with van der Waals surface area (Å²) in [6.45, 7) is 7.81. The number of hydrogen-bond donors (Lipinski definition) is 0. The predicted molar refractivity (Wildman–Crippen MR) is 94.2 cm³/mol. The molecule has 1 fully saturated rings. The van der Waals surface area contributed by atoms with E-state index in [0.29, 0.717) is 24.0 Å². The lowest BCUT2D eigenvalue weighted by molar-refractivity contribution is 0.0179. The van der Waals surface area contributed by atoms with E-state index in [0.717, 1.165) is 38.8 Å². The van der Waals surface area contributed by atoms with Gasteiger partial charge < -0.3 is 14.4 Å². The smallest absolute Gasteiger partial charge is 0.410 e. The number of piperidine rings is 1. The maximum atomic E-state index is 12.0. The summed E-state index contributed by atoms with van der Waals surface area (Å²) in [5.41, 5.74) is 0.0918. The Labute approximate surface area is 149 Å². The second kappa shape index (κ2) is 8.70. The Kier molecular flexibility index (Phi) is 6.63. The van der Waals surface area contributed by atoms with E-state index in [1.165, 1.54) is 6.20 Å². The number of rotatable bonds is 5. The molecule has 0 spiro atoms. The molecule has 1 saturated heterocycles. The number of aromatic nitrogens is 1. The normalized spacial score (nSPS) is 15.5. The summed E-state index contributed by atoms with van der Waals surface area (Å²) in [6, 6.07) is 5.46. The fourth-order valence-electron chi connectivity index (χ4n) is 2.81. The molecule has 0 saturated carbocycles. The lowest BCUT2D eigenvalue weighted by atomic mass is 9.92. The first kappa shape index (κ1) is 19.0. The Balaban J connectivity index is 1.62. The molecule has 0 bridgehead atoms. The van der Waals surface area contributed by atoms with Crippen LogP contribution in [0.1, 0.15) is 52.0 Å². The van der Waals surface area contributed by atoms with Crippen molar-refractivity contribution in [2.24, 2.45) is 5.92 Å². The van der Waals surface area contributed by atoms with Crippen molar-refractivity contribution in [2.75, 3.05) is 19.7 Å². The highest BCUT2D eigenvalue weighted by atomic mass is 16.6. The minimum Gasteiger partial charge on any atom is -0.478 e. The Hall–Kier alpha value is -2.29. The molecule has 1 aromatic heterocycles. The first-order valence-corrected chi connectivity index (χ1v) is 8.84. The van der Waals surface area contributed by atoms with E-state index in [2.05, 4.69) is 4.98 Å². The van der Waals surface area contributed by atoms with E-state index >= 15 is 0 Å². The van der Waals surface area contributed by atoms with Gasteiger partial charge in [0.05, 0.1) is 12.2 Å². The molecule has 25 heavy (non-hydrogen) atoms. The molecule has 0 aliphatic carbocycles. The van der Waals surface area contributed by atoms with E-state index in [4.69, 9.17) is 14.7 Å². The molecule has 2 heterocycles. The van der Waals surface area contributed by atoms with Gasteiger partial charge in [-0.3, -0.25) is 0 Å². The van der Waals surface area contributed by atoms with Crippen LogP contribution in [-0.4, -0.2) is 41.3 Å². The molecule has 1 amide bonds. The van der Waals surface area contributed by atoms with Gasteiger partial charge in [-0.1, -0.05) is 0 Å². The van der Waals surface area contributed by atoms with Crippen molar-refractivity contribution >= 4 is 6.09 Å². The van der Waals surface area contributed by atoms with E-state index in [-0.39, 0.29) is 6.09 Å². The first-order valence-electron chi connectivity index (χ1n) is 8.84. The molecular weight excluding hydrogens is 318 g/mol. The van der Waals surface area contributed by atoms with Crippen LogP contribution in [0.2, 0.25) is 0 Å².